The molecule has 0 spiro atoms. The van der Waals surface area contributed by atoms with Crippen molar-refractivity contribution in [3.63, 3.8) is 0 Å². The summed E-state index contributed by atoms with van der Waals surface area (Å²) < 4.78 is 0. The maximum atomic E-state index is 4.84. The first-order valence-corrected chi connectivity index (χ1v) is 11.3. The zero-order chi connectivity index (χ0) is 19.1. The Morgan fingerprint density at radius 1 is 1.37 bits per heavy atom. The standard InChI is InChI=1S/C20H29N5S2/c1-4-21-19(22-12-17-15-27-20(23-17)24(2)3)25-11-10-16(13-25)14-26-18-8-6-5-7-9-18/h5-9,15-16H,4,10-14H2,1-3H3,(H,21,22). The highest BCUT2D eigenvalue weighted by atomic mass is 32.2. The van der Waals surface area contributed by atoms with Crippen molar-refractivity contribution in [3.8, 4) is 0 Å². The lowest BCUT2D eigenvalue weighted by Gasteiger charge is -2.21. The lowest BCUT2D eigenvalue weighted by Crippen LogP contribution is -2.40. The molecule has 2 heterocycles. The average molecular weight is 404 g/mol. The Bertz CT molecular complexity index is 729. The number of nitrogens with zero attached hydrogens (tertiary/aromatic N) is 4. The Morgan fingerprint density at radius 2 is 2.19 bits per heavy atom. The van der Waals surface area contributed by atoms with Gasteiger partial charge >= 0.3 is 0 Å². The van der Waals surface area contributed by atoms with Crippen LogP contribution in [0.4, 0.5) is 5.13 Å². The number of thiazole rings is 1. The van der Waals surface area contributed by atoms with Gasteiger partial charge in [0.15, 0.2) is 11.1 Å². The van der Waals surface area contributed by atoms with Gasteiger partial charge in [-0.05, 0) is 31.4 Å². The number of aromatic nitrogens is 1. The monoisotopic (exact) mass is 403 g/mol. The predicted molar refractivity (Wildman–Crippen MR) is 118 cm³/mol. The van der Waals surface area contributed by atoms with E-state index in [0.717, 1.165) is 42.2 Å². The highest BCUT2D eigenvalue weighted by Gasteiger charge is 2.25. The molecule has 0 radical (unpaired) electrons. The number of guanidine groups is 1. The molecule has 2 aromatic rings. The van der Waals surface area contributed by atoms with Gasteiger partial charge in [0.25, 0.3) is 0 Å². The quantitative estimate of drug-likeness (QED) is 0.433. The van der Waals surface area contributed by atoms with Crippen LogP contribution in [0, 0.1) is 5.92 Å². The lowest BCUT2D eigenvalue weighted by molar-refractivity contribution is 0.474. The zero-order valence-corrected chi connectivity index (χ0v) is 18.0. The molecule has 0 amide bonds. The number of nitrogens with one attached hydrogen (secondary N) is 1. The number of anilines is 1. The maximum Gasteiger partial charge on any atom is 0.194 e. The van der Waals surface area contributed by atoms with E-state index >= 15 is 0 Å². The Balaban J connectivity index is 1.54. The number of likely N-dealkylation sites (tertiary alicyclic amines) is 1. The fourth-order valence-corrected chi connectivity index (χ4v) is 4.85. The lowest BCUT2D eigenvalue weighted by atomic mass is 10.2. The van der Waals surface area contributed by atoms with Crippen LogP contribution in [-0.2, 0) is 6.54 Å². The Labute approximate surface area is 170 Å². The molecule has 1 atom stereocenters. The zero-order valence-electron chi connectivity index (χ0n) is 16.4. The minimum absolute atomic E-state index is 0.632. The maximum absolute atomic E-state index is 4.84. The van der Waals surface area contributed by atoms with Crippen molar-refractivity contribution in [2.24, 2.45) is 10.9 Å². The summed E-state index contributed by atoms with van der Waals surface area (Å²) in [6, 6.07) is 10.7. The summed E-state index contributed by atoms with van der Waals surface area (Å²) in [5.74, 6) is 2.89. The van der Waals surface area contributed by atoms with Crippen molar-refractivity contribution in [2.45, 2.75) is 24.8 Å². The Kier molecular flexibility index (Phi) is 7.41. The van der Waals surface area contributed by atoms with E-state index in [2.05, 4.69) is 57.8 Å². The molecule has 1 saturated heterocycles. The van der Waals surface area contributed by atoms with E-state index in [1.165, 1.54) is 11.3 Å². The first-order valence-electron chi connectivity index (χ1n) is 9.48. The van der Waals surface area contributed by atoms with Crippen molar-refractivity contribution in [3.05, 3.63) is 41.4 Å². The summed E-state index contributed by atoms with van der Waals surface area (Å²) in [6.07, 6.45) is 1.23. The SMILES string of the molecule is CCNC(=NCc1csc(N(C)C)n1)N1CCC(CSc2ccccc2)C1. The third-order valence-corrected chi connectivity index (χ3v) is 6.76. The molecule has 1 unspecified atom stereocenters. The molecule has 27 heavy (non-hydrogen) atoms. The molecule has 0 bridgehead atoms. The van der Waals surface area contributed by atoms with Gasteiger partial charge in [-0.1, -0.05) is 18.2 Å². The topological polar surface area (TPSA) is 43.8 Å². The van der Waals surface area contributed by atoms with Crippen molar-refractivity contribution in [2.75, 3.05) is 44.4 Å². The van der Waals surface area contributed by atoms with E-state index in [1.54, 1.807) is 11.3 Å². The van der Waals surface area contributed by atoms with Crippen LogP contribution < -0.4 is 10.2 Å². The van der Waals surface area contributed by atoms with Gasteiger partial charge in [0.05, 0.1) is 12.2 Å². The second kappa shape index (κ2) is 9.99. The number of benzene rings is 1. The van der Waals surface area contributed by atoms with Crippen molar-refractivity contribution in [1.29, 1.82) is 0 Å². The predicted octanol–water partition coefficient (Wildman–Crippen LogP) is 3.79. The second-order valence-electron chi connectivity index (χ2n) is 6.91. The van der Waals surface area contributed by atoms with Gasteiger partial charge < -0.3 is 15.1 Å². The smallest absolute Gasteiger partial charge is 0.194 e. The highest BCUT2D eigenvalue weighted by Crippen LogP contribution is 2.26. The van der Waals surface area contributed by atoms with Crippen LogP contribution in [0.1, 0.15) is 19.0 Å². The fraction of sp³-hybridized carbons (Fsp3) is 0.500. The molecule has 0 aliphatic carbocycles. The number of hydrogen-bond donors (Lipinski definition) is 1. The first kappa shape index (κ1) is 20.0. The average Bonchev–Trinajstić information content (AvgIpc) is 3.34. The van der Waals surface area contributed by atoms with Crippen LogP contribution in [0.15, 0.2) is 45.6 Å². The minimum Gasteiger partial charge on any atom is -0.357 e. The summed E-state index contributed by atoms with van der Waals surface area (Å²) in [5.41, 5.74) is 1.04. The van der Waals surface area contributed by atoms with Crippen molar-refractivity contribution in [1.82, 2.24) is 15.2 Å². The van der Waals surface area contributed by atoms with Gasteiger partial charge in [-0.3, -0.25) is 0 Å². The van der Waals surface area contributed by atoms with Crippen molar-refractivity contribution < 1.29 is 0 Å². The third kappa shape index (κ3) is 5.87. The molecule has 5 nitrogen and oxygen atoms in total. The largest absolute Gasteiger partial charge is 0.357 e. The summed E-state index contributed by atoms with van der Waals surface area (Å²) in [4.78, 5) is 15.3. The molecular weight excluding hydrogens is 374 g/mol. The number of rotatable bonds is 7. The van der Waals surface area contributed by atoms with E-state index in [-0.39, 0.29) is 0 Å². The molecule has 1 aliphatic heterocycles. The normalized spacial score (nSPS) is 17.4. The summed E-state index contributed by atoms with van der Waals surface area (Å²) >= 11 is 3.63. The van der Waals surface area contributed by atoms with E-state index < -0.39 is 0 Å². The number of hydrogen-bond acceptors (Lipinski definition) is 5. The van der Waals surface area contributed by atoms with Crippen LogP contribution in [0.5, 0.6) is 0 Å². The number of aliphatic imine (C=N–C) groups is 1. The van der Waals surface area contributed by atoms with Crippen LogP contribution in [0.3, 0.4) is 0 Å². The Hall–Kier alpha value is -1.73. The van der Waals surface area contributed by atoms with E-state index in [0.29, 0.717) is 12.5 Å². The van der Waals surface area contributed by atoms with Crippen molar-refractivity contribution >= 4 is 34.2 Å². The van der Waals surface area contributed by atoms with Gasteiger partial charge in [0.1, 0.15) is 0 Å². The molecule has 1 aliphatic rings. The number of thioether (sulfide) groups is 1. The van der Waals surface area contributed by atoms with E-state index in [1.807, 2.05) is 30.8 Å². The van der Waals surface area contributed by atoms with Gasteiger partial charge in [-0.25, -0.2) is 9.98 Å². The summed E-state index contributed by atoms with van der Waals surface area (Å²) in [6.45, 7) is 5.80. The van der Waals surface area contributed by atoms with Gasteiger partial charge in [0, 0.05) is 49.8 Å². The summed E-state index contributed by atoms with van der Waals surface area (Å²) in [7, 11) is 4.04. The molecule has 0 saturated carbocycles. The van der Waals surface area contributed by atoms with Crippen LogP contribution in [0.25, 0.3) is 0 Å². The van der Waals surface area contributed by atoms with E-state index in [9.17, 15) is 0 Å². The van der Waals surface area contributed by atoms with E-state index in [4.69, 9.17) is 4.99 Å². The molecular formula is C20H29N5S2. The molecule has 1 fully saturated rings. The summed E-state index contributed by atoms with van der Waals surface area (Å²) in [5, 5.41) is 6.59. The van der Waals surface area contributed by atoms with Gasteiger partial charge in [0.2, 0.25) is 0 Å². The third-order valence-electron chi connectivity index (χ3n) is 4.46. The molecule has 1 aromatic carbocycles. The second-order valence-corrected chi connectivity index (χ2v) is 8.84. The molecule has 3 rings (SSSR count). The molecule has 1 aromatic heterocycles. The van der Waals surface area contributed by atoms with Crippen LogP contribution in [-0.4, -0.2) is 55.3 Å². The highest BCUT2D eigenvalue weighted by molar-refractivity contribution is 7.99. The van der Waals surface area contributed by atoms with Crippen LogP contribution >= 0.6 is 23.1 Å². The molecule has 7 heteroatoms. The van der Waals surface area contributed by atoms with Crippen LogP contribution in [0.2, 0.25) is 0 Å². The minimum atomic E-state index is 0.632. The fourth-order valence-electron chi connectivity index (χ4n) is 3.05. The molecule has 1 N–H and O–H groups in total. The van der Waals surface area contributed by atoms with Gasteiger partial charge in [-0.2, -0.15) is 0 Å². The van der Waals surface area contributed by atoms with Gasteiger partial charge in [-0.15, -0.1) is 23.1 Å². The first-order chi connectivity index (χ1) is 13.2. The molecule has 146 valence electrons. The Morgan fingerprint density at radius 3 is 2.89 bits per heavy atom.